The minimum atomic E-state index is -0.105. The summed E-state index contributed by atoms with van der Waals surface area (Å²) in [4.78, 5) is 12.1. The second-order valence-electron chi connectivity index (χ2n) is 5.41. The molecule has 1 heterocycles. The third kappa shape index (κ3) is 4.17. The van der Waals surface area contributed by atoms with E-state index in [1.807, 2.05) is 41.9 Å². The van der Waals surface area contributed by atoms with Crippen LogP contribution in [0.25, 0.3) is 11.4 Å². The van der Waals surface area contributed by atoms with Crippen molar-refractivity contribution in [3.8, 4) is 17.1 Å². The number of carbonyl (C=O) groups excluding carboxylic acids is 1. The van der Waals surface area contributed by atoms with E-state index in [4.69, 9.17) is 16.3 Å². The molecule has 134 valence electrons. The number of hydrogen-bond donors (Lipinski definition) is 1. The molecular weight excluding hydrogens is 372 g/mol. The van der Waals surface area contributed by atoms with E-state index < -0.39 is 0 Å². The number of anilines is 1. The zero-order valence-electron chi connectivity index (χ0n) is 14.3. The molecular formula is C18H17ClN4O2S. The number of nitrogens with one attached hydrogen (secondary N) is 1. The van der Waals surface area contributed by atoms with Crippen molar-refractivity contribution in [3.63, 3.8) is 0 Å². The number of amides is 1. The molecule has 0 aliphatic carbocycles. The van der Waals surface area contributed by atoms with Crippen LogP contribution in [0, 0.1) is 0 Å². The van der Waals surface area contributed by atoms with E-state index in [2.05, 4.69) is 15.5 Å². The van der Waals surface area contributed by atoms with Crippen LogP contribution in [-0.4, -0.2) is 33.5 Å². The number of aromatic nitrogens is 3. The van der Waals surface area contributed by atoms with Gasteiger partial charge >= 0.3 is 0 Å². The molecule has 0 spiro atoms. The molecule has 1 N–H and O–H groups in total. The Hall–Kier alpha value is -2.51. The number of ether oxygens (including phenoxy) is 1. The van der Waals surface area contributed by atoms with Gasteiger partial charge in [-0.25, -0.2) is 0 Å². The van der Waals surface area contributed by atoms with Crippen LogP contribution in [0.2, 0.25) is 5.02 Å². The second kappa shape index (κ2) is 8.25. The molecule has 0 aliphatic rings. The predicted molar refractivity (Wildman–Crippen MR) is 104 cm³/mol. The minimum absolute atomic E-state index is 0.105. The first-order valence-electron chi connectivity index (χ1n) is 7.79. The fraction of sp³-hybridized carbons (Fsp3) is 0.167. The number of methoxy groups -OCH3 is 1. The van der Waals surface area contributed by atoms with Crippen molar-refractivity contribution >= 4 is 35.0 Å². The summed E-state index contributed by atoms with van der Waals surface area (Å²) in [7, 11) is 3.43. The zero-order valence-corrected chi connectivity index (χ0v) is 15.8. The fourth-order valence-electron chi connectivity index (χ4n) is 2.38. The Morgan fingerprint density at radius 3 is 2.73 bits per heavy atom. The number of halogens is 1. The number of para-hydroxylation sites is 1. The maximum atomic E-state index is 12.1. The van der Waals surface area contributed by atoms with Gasteiger partial charge in [-0.2, -0.15) is 0 Å². The fourth-order valence-corrected chi connectivity index (χ4v) is 3.26. The van der Waals surface area contributed by atoms with E-state index in [9.17, 15) is 4.79 Å². The van der Waals surface area contributed by atoms with Crippen LogP contribution in [0.1, 0.15) is 0 Å². The summed E-state index contributed by atoms with van der Waals surface area (Å²) in [6.45, 7) is 0. The lowest BCUT2D eigenvalue weighted by atomic mass is 10.2. The highest BCUT2D eigenvalue weighted by Gasteiger charge is 2.16. The number of thioether (sulfide) groups is 1. The molecule has 0 atom stereocenters. The molecule has 0 fully saturated rings. The van der Waals surface area contributed by atoms with Crippen molar-refractivity contribution in [2.75, 3.05) is 18.2 Å². The molecule has 1 aromatic heterocycles. The molecule has 0 saturated heterocycles. The maximum Gasteiger partial charge on any atom is 0.234 e. The van der Waals surface area contributed by atoms with Crippen molar-refractivity contribution in [2.45, 2.75) is 5.16 Å². The number of carbonyl (C=O) groups is 1. The van der Waals surface area contributed by atoms with Crippen LogP contribution in [0.15, 0.2) is 53.7 Å². The molecule has 8 heteroatoms. The number of nitrogens with zero attached hydrogens (tertiary/aromatic N) is 3. The zero-order chi connectivity index (χ0) is 18.5. The maximum absolute atomic E-state index is 12.1. The smallest absolute Gasteiger partial charge is 0.234 e. The lowest BCUT2D eigenvalue weighted by Gasteiger charge is -2.09. The average molecular weight is 389 g/mol. The van der Waals surface area contributed by atoms with E-state index >= 15 is 0 Å². The summed E-state index contributed by atoms with van der Waals surface area (Å²) in [5.74, 6) is 1.40. The first-order chi connectivity index (χ1) is 12.6. The summed E-state index contributed by atoms with van der Waals surface area (Å²) in [6, 6.07) is 14.6. The van der Waals surface area contributed by atoms with Gasteiger partial charge in [0.2, 0.25) is 5.91 Å². The van der Waals surface area contributed by atoms with Crippen LogP contribution < -0.4 is 10.1 Å². The molecule has 3 aromatic rings. The summed E-state index contributed by atoms with van der Waals surface area (Å²) < 4.78 is 7.19. The van der Waals surface area contributed by atoms with Crippen molar-refractivity contribution in [1.82, 2.24) is 14.8 Å². The second-order valence-corrected chi connectivity index (χ2v) is 6.79. The van der Waals surface area contributed by atoms with Gasteiger partial charge in [-0.15, -0.1) is 10.2 Å². The van der Waals surface area contributed by atoms with E-state index in [1.54, 1.807) is 25.3 Å². The average Bonchev–Trinajstić information content (AvgIpc) is 3.01. The molecule has 6 nitrogen and oxygen atoms in total. The van der Waals surface area contributed by atoms with Crippen LogP contribution >= 0.6 is 23.4 Å². The highest BCUT2D eigenvalue weighted by Crippen LogP contribution is 2.32. The van der Waals surface area contributed by atoms with Crippen molar-refractivity contribution < 1.29 is 9.53 Å². The van der Waals surface area contributed by atoms with Crippen LogP contribution in [0.4, 0.5) is 5.69 Å². The predicted octanol–water partition coefficient (Wildman–Crippen LogP) is 3.87. The van der Waals surface area contributed by atoms with Gasteiger partial charge in [0.15, 0.2) is 11.0 Å². The van der Waals surface area contributed by atoms with E-state index in [-0.39, 0.29) is 11.7 Å². The standard InChI is InChI=1S/C18H17ClN4O2S/c1-23-17(14-10-12(19)8-9-15(14)25-2)21-22-18(23)26-11-16(24)20-13-6-4-3-5-7-13/h3-10H,11H2,1-2H3,(H,20,24). The van der Waals surface area contributed by atoms with Crippen molar-refractivity contribution in [3.05, 3.63) is 53.6 Å². The Kier molecular flexibility index (Phi) is 5.80. The van der Waals surface area contributed by atoms with Crippen LogP contribution in [0.3, 0.4) is 0 Å². The van der Waals surface area contributed by atoms with Gasteiger partial charge < -0.3 is 14.6 Å². The van der Waals surface area contributed by atoms with Crippen LogP contribution in [0.5, 0.6) is 5.75 Å². The Labute approximate surface area is 160 Å². The molecule has 2 aromatic carbocycles. The molecule has 26 heavy (non-hydrogen) atoms. The minimum Gasteiger partial charge on any atom is -0.496 e. The molecule has 0 aliphatic heterocycles. The quantitative estimate of drug-likeness (QED) is 0.649. The SMILES string of the molecule is COc1ccc(Cl)cc1-c1nnc(SCC(=O)Nc2ccccc2)n1C. The van der Waals surface area contributed by atoms with Crippen molar-refractivity contribution in [2.24, 2.45) is 7.05 Å². The molecule has 0 unspecified atom stereocenters. The highest BCUT2D eigenvalue weighted by atomic mass is 35.5. The molecule has 3 rings (SSSR count). The van der Waals surface area contributed by atoms with Gasteiger partial charge in [0.05, 0.1) is 18.4 Å². The lowest BCUT2D eigenvalue weighted by molar-refractivity contribution is -0.113. The summed E-state index contributed by atoms with van der Waals surface area (Å²) in [6.07, 6.45) is 0. The Morgan fingerprint density at radius 2 is 2.00 bits per heavy atom. The largest absolute Gasteiger partial charge is 0.496 e. The third-order valence-corrected chi connectivity index (χ3v) is 4.88. The van der Waals surface area contributed by atoms with Gasteiger partial charge in [0.25, 0.3) is 0 Å². The van der Waals surface area contributed by atoms with Crippen LogP contribution in [-0.2, 0) is 11.8 Å². The first kappa shape index (κ1) is 18.3. The monoisotopic (exact) mass is 388 g/mol. The topological polar surface area (TPSA) is 69.0 Å². The van der Waals surface area contributed by atoms with E-state index in [0.29, 0.717) is 21.8 Å². The Bertz CT molecular complexity index is 915. The molecule has 1 amide bonds. The van der Waals surface area contributed by atoms with Gasteiger partial charge in [0, 0.05) is 17.8 Å². The van der Waals surface area contributed by atoms with Gasteiger partial charge in [0.1, 0.15) is 5.75 Å². The number of benzene rings is 2. The normalized spacial score (nSPS) is 10.6. The molecule has 0 saturated carbocycles. The Morgan fingerprint density at radius 1 is 1.23 bits per heavy atom. The summed E-state index contributed by atoms with van der Waals surface area (Å²) in [5, 5.41) is 12.4. The third-order valence-electron chi connectivity index (χ3n) is 3.63. The van der Waals surface area contributed by atoms with Crippen molar-refractivity contribution in [1.29, 1.82) is 0 Å². The summed E-state index contributed by atoms with van der Waals surface area (Å²) >= 11 is 7.40. The summed E-state index contributed by atoms with van der Waals surface area (Å²) in [5.41, 5.74) is 1.51. The van der Waals surface area contributed by atoms with E-state index in [1.165, 1.54) is 11.8 Å². The highest BCUT2D eigenvalue weighted by molar-refractivity contribution is 7.99. The molecule has 0 bridgehead atoms. The van der Waals surface area contributed by atoms with Gasteiger partial charge in [-0.3, -0.25) is 4.79 Å². The lowest BCUT2D eigenvalue weighted by Crippen LogP contribution is -2.14. The Balaban J connectivity index is 1.72. The number of hydrogen-bond acceptors (Lipinski definition) is 5. The van der Waals surface area contributed by atoms with Gasteiger partial charge in [-0.1, -0.05) is 41.6 Å². The van der Waals surface area contributed by atoms with E-state index in [0.717, 1.165) is 11.3 Å². The van der Waals surface area contributed by atoms with Gasteiger partial charge in [-0.05, 0) is 30.3 Å². The number of rotatable bonds is 6. The molecule has 0 radical (unpaired) electrons. The first-order valence-corrected chi connectivity index (χ1v) is 9.16.